The molecule has 0 spiro atoms. The maximum atomic E-state index is 9.33. The van der Waals surface area contributed by atoms with Crippen molar-refractivity contribution >= 4 is 0 Å². The second kappa shape index (κ2) is 4.07. The standard InChI is InChI=1S/C9H20O2/c1-7(2)6-8(10)11-9(3,4)5/h7-8,10H,6H2,1-5H3. The summed E-state index contributed by atoms with van der Waals surface area (Å²) in [7, 11) is 0. The molecule has 68 valence electrons. The van der Waals surface area contributed by atoms with Crippen LogP contribution in [0.3, 0.4) is 0 Å². The molecule has 0 aromatic carbocycles. The van der Waals surface area contributed by atoms with Crippen LogP contribution < -0.4 is 0 Å². The number of rotatable bonds is 3. The van der Waals surface area contributed by atoms with Crippen LogP contribution in [0.4, 0.5) is 0 Å². The quantitative estimate of drug-likeness (QED) is 0.641. The Bertz CT molecular complexity index is 103. The molecule has 0 saturated heterocycles. The molecule has 0 aliphatic heterocycles. The summed E-state index contributed by atoms with van der Waals surface area (Å²) in [5.74, 6) is 0.479. The number of ether oxygens (including phenoxy) is 1. The van der Waals surface area contributed by atoms with Gasteiger partial charge in [0, 0.05) is 6.42 Å². The molecule has 1 atom stereocenters. The highest BCUT2D eigenvalue weighted by atomic mass is 16.6. The van der Waals surface area contributed by atoms with E-state index in [2.05, 4.69) is 13.8 Å². The number of hydrogen-bond acceptors (Lipinski definition) is 2. The fourth-order valence-corrected chi connectivity index (χ4v) is 0.859. The monoisotopic (exact) mass is 160 g/mol. The van der Waals surface area contributed by atoms with Crippen LogP contribution in [0.1, 0.15) is 41.0 Å². The number of aliphatic hydroxyl groups is 1. The van der Waals surface area contributed by atoms with Crippen LogP contribution in [-0.4, -0.2) is 17.0 Å². The summed E-state index contributed by atoms with van der Waals surface area (Å²) in [4.78, 5) is 0. The summed E-state index contributed by atoms with van der Waals surface area (Å²) >= 11 is 0. The molecule has 0 aromatic heterocycles. The van der Waals surface area contributed by atoms with Gasteiger partial charge in [-0.25, -0.2) is 0 Å². The van der Waals surface area contributed by atoms with E-state index >= 15 is 0 Å². The molecule has 2 heteroatoms. The normalized spacial score (nSPS) is 15.5. The Hall–Kier alpha value is -0.0800. The fourth-order valence-electron chi connectivity index (χ4n) is 0.859. The molecular weight excluding hydrogens is 140 g/mol. The van der Waals surface area contributed by atoms with E-state index in [1.54, 1.807) is 0 Å². The van der Waals surface area contributed by atoms with Gasteiger partial charge >= 0.3 is 0 Å². The van der Waals surface area contributed by atoms with Crippen LogP contribution in [0.5, 0.6) is 0 Å². The molecule has 0 aliphatic carbocycles. The molecule has 2 nitrogen and oxygen atoms in total. The van der Waals surface area contributed by atoms with E-state index in [-0.39, 0.29) is 5.60 Å². The maximum Gasteiger partial charge on any atom is 0.155 e. The van der Waals surface area contributed by atoms with Crippen LogP contribution >= 0.6 is 0 Å². The molecule has 0 fully saturated rings. The number of aliphatic hydroxyl groups excluding tert-OH is 1. The Morgan fingerprint density at radius 1 is 1.27 bits per heavy atom. The lowest BCUT2D eigenvalue weighted by atomic mass is 10.1. The predicted molar refractivity (Wildman–Crippen MR) is 46.3 cm³/mol. The molecule has 0 heterocycles. The minimum atomic E-state index is -0.616. The van der Waals surface area contributed by atoms with Crippen molar-refractivity contribution in [1.82, 2.24) is 0 Å². The molecule has 0 aliphatic rings. The Labute approximate surface area is 69.6 Å². The molecule has 0 saturated carbocycles. The van der Waals surface area contributed by atoms with Crippen molar-refractivity contribution in [3.8, 4) is 0 Å². The highest BCUT2D eigenvalue weighted by molar-refractivity contribution is 4.60. The number of hydrogen-bond donors (Lipinski definition) is 1. The molecule has 1 unspecified atom stereocenters. The summed E-state index contributed by atoms with van der Waals surface area (Å²) in [6, 6.07) is 0. The summed E-state index contributed by atoms with van der Waals surface area (Å²) in [6.45, 7) is 9.95. The van der Waals surface area contributed by atoms with Crippen LogP contribution in [-0.2, 0) is 4.74 Å². The van der Waals surface area contributed by atoms with Gasteiger partial charge in [0.1, 0.15) is 0 Å². The summed E-state index contributed by atoms with van der Waals surface area (Å²) < 4.78 is 5.30. The Morgan fingerprint density at radius 3 is 2.00 bits per heavy atom. The van der Waals surface area contributed by atoms with Gasteiger partial charge in [0.2, 0.25) is 0 Å². The summed E-state index contributed by atoms with van der Waals surface area (Å²) in [6.07, 6.45) is 0.0899. The van der Waals surface area contributed by atoms with Crippen LogP contribution in [0.25, 0.3) is 0 Å². The van der Waals surface area contributed by atoms with Crippen molar-refractivity contribution in [2.45, 2.75) is 52.9 Å². The topological polar surface area (TPSA) is 29.5 Å². The molecule has 0 amide bonds. The van der Waals surface area contributed by atoms with Crippen molar-refractivity contribution < 1.29 is 9.84 Å². The van der Waals surface area contributed by atoms with Gasteiger partial charge in [-0.1, -0.05) is 13.8 Å². The third-order valence-electron chi connectivity index (χ3n) is 1.16. The van der Waals surface area contributed by atoms with Gasteiger partial charge in [-0.05, 0) is 26.7 Å². The van der Waals surface area contributed by atoms with Gasteiger partial charge in [-0.3, -0.25) is 0 Å². The van der Waals surface area contributed by atoms with E-state index in [0.29, 0.717) is 12.3 Å². The average Bonchev–Trinajstić information content (AvgIpc) is 1.53. The van der Waals surface area contributed by atoms with Crippen LogP contribution in [0.2, 0.25) is 0 Å². The highest BCUT2D eigenvalue weighted by Gasteiger charge is 2.16. The SMILES string of the molecule is CC(C)CC(O)OC(C)(C)C. The lowest BCUT2D eigenvalue weighted by Crippen LogP contribution is -2.28. The van der Waals surface area contributed by atoms with Crippen molar-refractivity contribution in [2.75, 3.05) is 0 Å². The zero-order chi connectivity index (χ0) is 9.07. The zero-order valence-electron chi connectivity index (χ0n) is 8.22. The third kappa shape index (κ3) is 7.82. The average molecular weight is 160 g/mol. The van der Waals surface area contributed by atoms with Gasteiger partial charge in [0.15, 0.2) is 6.29 Å². The second-order valence-corrected chi connectivity index (χ2v) is 4.31. The molecule has 0 bridgehead atoms. The Morgan fingerprint density at radius 2 is 1.73 bits per heavy atom. The second-order valence-electron chi connectivity index (χ2n) is 4.31. The Balaban J connectivity index is 3.61. The van der Waals surface area contributed by atoms with Crippen LogP contribution in [0, 0.1) is 5.92 Å². The smallest absolute Gasteiger partial charge is 0.155 e. The van der Waals surface area contributed by atoms with Crippen molar-refractivity contribution in [1.29, 1.82) is 0 Å². The fraction of sp³-hybridized carbons (Fsp3) is 1.00. The van der Waals surface area contributed by atoms with E-state index in [9.17, 15) is 5.11 Å². The first-order valence-electron chi connectivity index (χ1n) is 4.17. The van der Waals surface area contributed by atoms with Crippen LogP contribution in [0.15, 0.2) is 0 Å². The third-order valence-corrected chi connectivity index (χ3v) is 1.16. The summed E-state index contributed by atoms with van der Waals surface area (Å²) in [5.41, 5.74) is -0.242. The van der Waals surface area contributed by atoms with Gasteiger partial charge in [-0.2, -0.15) is 0 Å². The molecular formula is C9H20O2. The Kier molecular flexibility index (Phi) is 4.04. The van der Waals surface area contributed by atoms with E-state index in [4.69, 9.17) is 4.74 Å². The first kappa shape index (κ1) is 10.9. The van der Waals surface area contributed by atoms with Gasteiger partial charge in [-0.15, -0.1) is 0 Å². The van der Waals surface area contributed by atoms with Gasteiger partial charge in [0.25, 0.3) is 0 Å². The predicted octanol–water partition coefficient (Wildman–Crippen LogP) is 2.17. The van der Waals surface area contributed by atoms with Crippen molar-refractivity contribution in [3.63, 3.8) is 0 Å². The van der Waals surface area contributed by atoms with Gasteiger partial charge in [0.05, 0.1) is 5.60 Å². The van der Waals surface area contributed by atoms with E-state index in [0.717, 1.165) is 0 Å². The van der Waals surface area contributed by atoms with Crippen molar-refractivity contribution in [3.05, 3.63) is 0 Å². The summed E-state index contributed by atoms with van der Waals surface area (Å²) in [5, 5.41) is 9.33. The van der Waals surface area contributed by atoms with E-state index < -0.39 is 6.29 Å². The highest BCUT2D eigenvalue weighted by Crippen LogP contribution is 2.14. The van der Waals surface area contributed by atoms with E-state index in [1.165, 1.54) is 0 Å². The first-order chi connectivity index (χ1) is 4.81. The molecule has 1 N–H and O–H groups in total. The molecule has 0 radical (unpaired) electrons. The first-order valence-corrected chi connectivity index (χ1v) is 4.17. The molecule has 0 aromatic rings. The largest absolute Gasteiger partial charge is 0.368 e. The lowest BCUT2D eigenvalue weighted by Gasteiger charge is -2.24. The van der Waals surface area contributed by atoms with Gasteiger partial charge < -0.3 is 9.84 Å². The molecule has 11 heavy (non-hydrogen) atoms. The maximum absolute atomic E-state index is 9.33. The van der Waals surface area contributed by atoms with E-state index in [1.807, 2.05) is 20.8 Å². The minimum Gasteiger partial charge on any atom is -0.368 e. The zero-order valence-corrected chi connectivity index (χ0v) is 8.22. The minimum absolute atomic E-state index is 0.242. The van der Waals surface area contributed by atoms with Crippen molar-refractivity contribution in [2.24, 2.45) is 5.92 Å². The lowest BCUT2D eigenvalue weighted by molar-refractivity contribution is -0.172. The molecule has 0 rings (SSSR count).